The lowest BCUT2D eigenvalue weighted by Gasteiger charge is -2.09. The number of thiazole rings is 1. The van der Waals surface area contributed by atoms with Gasteiger partial charge in [0.1, 0.15) is 6.04 Å². The van der Waals surface area contributed by atoms with Crippen molar-refractivity contribution in [2.45, 2.75) is 19.9 Å². The van der Waals surface area contributed by atoms with E-state index in [1.54, 1.807) is 23.6 Å². The minimum absolute atomic E-state index is 0.515. The fourth-order valence-corrected chi connectivity index (χ4v) is 2.18. The first-order chi connectivity index (χ1) is 8.99. The maximum atomic E-state index is 11.0. The number of hydrogen-bond acceptors (Lipinski definition) is 5. The highest BCUT2D eigenvalue weighted by atomic mass is 32.1. The number of carboxylic acids is 1. The second kappa shape index (κ2) is 5.23. The van der Waals surface area contributed by atoms with Crippen LogP contribution < -0.4 is 5.73 Å². The molecule has 0 aliphatic carbocycles. The Hall–Kier alpha value is -2.15. The topological polar surface area (TPSA) is 94.0 Å². The lowest BCUT2D eigenvalue weighted by atomic mass is 10.2. The quantitative estimate of drug-likeness (QED) is 0.892. The Balaban J connectivity index is 2.23. The van der Waals surface area contributed by atoms with Crippen molar-refractivity contribution in [2.75, 3.05) is 5.73 Å². The Morgan fingerprint density at radius 2 is 2.32 bits per heavy atom. The van der Waals surface area contributed by atoms with Gasteiger partial charge in [-0.25, -0.2) is 14.8 Å². The van der Waals surface area contributed by atoms with Gasteiger partial charge in [0.25, 0.3) is 0 Å². The third kappa shape index (κ3) is 2.82. The minimum Gasteiger partial charge on any atom is -0.480 e. The molecule has 0 bridgehead atoms. The van der Waals surface area contributed by atoms with Crippen molar-refractivity contribution in [3.63, 3.8) is 0 Å². The zero-order valence-electron chi connectivity index (χ0n) is 10.6. The minimum atomic E-state index is -0.886. The molecule has 0 saturated carbocycles. The molecule has 0 saturated heterocycles. The van der Waals surface area contributed by atoms with E-state index in [2.05, 4.69) is 9.97 Å². The Morgan fingerprint density at radius 3 is 2.89 bits per heavy atom. The van der Waals surface area contributed by atoms with Crippen molar-refractivity contribution < 1.29 is 9.90 Å². The van der Waals surface area contributed by atoms with Gasteiger partial charge in [-0.2, -0.15) is 0 Å². The van der Waals surface area contributed by atoms with Crippen LogP contribution in [-0.4, -0.2) is 25.6 Å². The smallest absolute Gasteiger partial charge is 0.326 e. The Labute approximate surface area is 114 Å². The van der Waals surface area contributed by atoms with Crippen molar-refractivity contribution in [1.82, 2.24) is 14.5 Å². The van der Waals surface area contributed by atoms with E-state index in [0.717, 1.165) is 17.1 Å². The van der Waals surface area contributed by atoms with Crippen LogP contribution in [-0.2, 0) is 4.79 Å². The third-order valence-electron chi connectivity index (χ3n) is 2.81. The maximum Gasteiger partial charge on any atom is 0.326 e. The van der Waals surface area contributed by atoms with Crippen LogP contribution in [0.5, 0.6) is 0 Å². The van der Waals surface area contributed by atoms with Gasteiger partial charge in [0, 0.05) is 11.1 Å². The average Bonchev–Trinajstić information content (AvgIpc) is 2.92. The monoisotopic (exact) mass is 278 g/mol. The summed E-state index contributed by atoms with van der Waals surface area (Å²) in [6, 6.07) is -0.635. The molecule has 6 nitrogen and oxygen atoms in total. The fourth-order valence-electron chi connectivity index (χ4n) is 1.65. The number of carboxylic acid groups (broad SMARTS) is 1. The van der Waals surface area contributed by atoms with Gasteiger partial charge in [-0.3, -0.25) is 0 Å². The van der Waals surface area contributed by atoms with E-state index >= 15 is 0 Å². The summed E-state index contributed by atoms with van der Waals surface area (Å²) in [7, 11) is 0. The number of nitrogen functional groups attached to an aromatic ring is 1. The van der Waals surface area contributed by atoms with Crippen molar-refractivity contribution in [1.29, 1.82) is 0 Å². The highest BCUT2D eigenvalue weighted by Gasteiger charge is 2.16. The molecule has 3 N–H and O–H groups in total. The Kier molecular flexibility index (Phi) is 3.66. The molecule has 0 spiro atoms. The van der Waals surface area contributed by atoms with E-state index in [4.69, 9.17) is 10.8 Å². The summed E-state index contributed by atoms with van der Waals surface area (Å²) in [5.41, 5.74) is 7.83. The van der Waals surface area contributed by atoms with Crippen molar-refractivity contribution in [2.24, 2.45) is 0 Å². The highest BCUT2D eigenvalue weighted by molar-refractivity contribution is 7.13. The third-order valence-corrected chi connectivity index (χ3v) is 3.50. The molecule has 0 aromatic carbocycles. The first kappa shape index (κ1) is 13.3. The highest BCUT2D eigenvalue weighted by Crippen LogP contribution is 2.17. The van der Waals surface area contributed by atoms with Crippen LogP contribution in [0.25, 0.3) is 12.2 Å². The molecule has 2 rings (SSSR count). The summed E-state index contributed by atoms with van der Waals surface area (Å²) in [6.45, 7) is 3.45. The number of aromatic nitrogens is 3. The predicted molar refractivity (Wildman–Crippen MR) is 74.8 cm³/mol. The van der Waals surface area contributed by atoms with E-state index in [0.29, 0.717) is 5.13 Å². The van der Waals surface area contributed by atoms with E-state index in [9.17, 15) is 4.79 Å². The number of anilines is 1. The molecule has 2 aromatic rings. The SMILES string of the molecule is Cc1c(C=Cc2csc(N)n2)ncn1C(C)C(=O)O. The number of aliphatic carboxylic acids is 1. The number of rotatable bonds is 4. The van der Waals surface area contributed by atoms with Crippen LogP contribution in [0.15, 0.2) is 11.7 Å². The molecule has 1 atom stereocenters. The standard InChI is InChI=1S/C12H14N4O2S/c1-7-10(4-3-9-5-19-12(13)15-9)14-6-16(7)8(2)11(17)18/h3-6,8H,1-2H3,(H2,13,15)(H,17,18). The van der Waals surface area contributed by atoms with Gasteiger partial charge >= 0.3 is 5.97 Å². The Morgan fingerprint density at radius 1 is 1.58 bits per heavy atom. The molecular weight excluding hydrogens is 264 g/mol. The van der Waals surface area contributed by atoms with Crippen LogP contribution in [0.2, 0.25) is 0 Å². The molecule has 100 valence electrons. The van der Waals surface area contributed by atoms with Crippen LogP contribution >= 0.6 is 11.3 Å². The van der Waals surface area contributed by atoms with Gasteiger partial charge in [0.2, 0.25) is 0 Å². The van der Waals surface area contributed by atoms with E-state index in [1.165, 1.54) is 17.7 Å². The predicted octanol–water partition coefficient (Wildman–Crippen LogP) is 2.05. The second-order valence-electron chi connectivity index (χ2n) is 4.08. The first-order valence-electron chi connectivity index (χ1n) is 5.64. The number of nitrogens with zero attached hydrogens (tertiary/aromatic N) is 3. The molecule has 0 fully saturated rings. The van der Waals surface area contributed by atoms with E-state index in [1.807, 2.05) is 12.3 Å². The molecule has 2 heterocycles. The zero-order valence-corrected chi connectivity index (χ0v) is 11.4. The van der Waals surface area contributed by atoms with Gasteiger partial charge in [0.05, 0.1) is 17.7 Å². The molecular formula is C12H14N4O2S. The van der Waals surface area contributed by atoms with Gasteiger partial charge in [-0.05, 0) is 26.0 Å². The Bertz CT molecular complexity index is 629. The van der Waals surface area contributed by atoms with Crippen LogP contribution in [0, 0.1) is 6.92 Å². The summed E-state index contributed by atoms with van der Waals surface area (Å²) in [6.07, 6.45) is 5.13. The summed E-state index contributed by atoms with van der Waals surface area (Å²) in [4.78, 5) is 19.3. The molecule has 0 aliphatic rings. The molecule has 2 aromatic heterocycles. The lowest BCUT2D eigenvalue weighted by Crippen LogP contribution is -2.15. The van der Waals surface area contributed by atoms with Crippen molar-refractivity contribution in [3.05, 3.63) is 28.8 Å². The van der Waals surface area contributed by atoms with Crippen LogP contribution in [0.4, 0.5) is 5.13 Å². The summed E-state index contributed by atoms with van der Waals surface area (Å²) >= 11 is 1.37. The summed E-state index contributed by atoms with van der Waals surface area (Å²) < 4.78 is 1.62. The number of nitrogens with two attached hydrogens (primary N) is 1. The van der Waals surface area contributed by atoms with E-state index < -0.39 is 12.0 Å². The number of hydrogen-bond donors (Lipinski definition) is 2. The van der Waals surface area contributed by atoms with Gasteiger partial charge < -0.3 is 15.4 Å². The first-order valence-corrected chi connectivity index (χ1v) is 6.52. The normalized spacial score (nSPS) is 12.9. The molecule has 0 amide bonds. The summed E-state index contributed by atoms with van der Waals surface area (Å²) in [5.74, 6) is -0.886. The zero-order chi connectivity index (χ0) is 14.0. The van der Waals surface area contributed by atoms with E-state index in [-0.39, 0.29) is 0 Å². The largest absolute Gasteiger partial charge is 0.480 e. The number of imidazole rings is 1. The molecule has 1 unspecified atom stereocenters. The molecule has 7 heteroatoms. The molecule has 0 aliphatic heterocycles. The van der Waals surface area contributed by atoms with Gasteiger partial charge in [-0.1, -0.05) is 0 Å². The van der Waals surface area contributed by atoms with Crippen molar-refractivity contribution >= 4 is 34.6 Å². The molecule has 19 heavy (non-hydrogen) atoms. The summed E-state index contributed by atoms with van der Waals surface area (Å²) in [5, 5.41) is 11.4. The van der Waals surface area contributed by atoms with Crippen LogP contribution in [0.1, 0.15) is 30.0 Å². The number of carbonyl (C=O) groups is 1. The molecule has 0 radical (unpaired) electrons. The second-order valence-corrected chi connectivity index (χ2v) is 4.97. The van der Waals surface area contributed by atoms with Crippen LogP contribution in [0.3, 0.4) is 0 Å². The fraction of sp³-hybridized carbons (Fsp3) is 0.250. The average molecular weight is 278 g/mol. The lowest BCUT2D eigenvalue weighted by molar-refractivity contribution is -0.140. The maximum absolute atomic E-state index is 11.0. The van der Waals surface area contributed by atoms with Gasteiger partial charge in [0.15, 0.2) is 5.13 Å². The van der Waals surface area contributed by atoms with Gasteiger partial charge in [-0.15, -0.1) is 11.3 Å². The van der Waals surface area contributed by atoms with Crippen molar-refractivity contribution in [3.8, 4) is 0 Å².